The summed E-state index contributed by atoms with van der Waals surface area (Å²) in [4.78, 5) is 27.8. The molecule has 0 aliphatic rings. The van der Waals surface area contributed by atoms with E-state index in [4.69, 9.17) is 4.52 Å². The highest BCUT2D eigenvalue weighted by molar-refractivity contribution is 7.89. The monoisotopic (exact) mass is 402 g/mol. The van der Waals surface area contributed by atoms with Crippen LogP contribution in [-0.2, 0) is 21.4 Å². The smallest absolute Gasteiger partial charge is 0.257 e. The third-order valence-corrected chi connectivity index (χ3v) is 4.52. The van der Waals surface area contributed by atoms with Gasteiger partial charge in [0.15, 0.2) is 6.33 Å². The molecule has 3 aromatic rings. The zero-order valence-corrected chi connectivity index (χ0v) is 15.8. The fourth-order valence-corrected chi connectivity index (χ4v) is 3.16. The van der Waals surface area contributed by atoms with Crippen molar-refractivity contribution >= 4 is 15.9 Å². The Hall–Kier alpha value is -3.27. The summed E-state index contributed by atoms with van der Waals surface area (Å²) in [6.07, 6.45) is 4.26. The number of nitrogens with one attached hydrogen (secondary N) is 1. The molecule has 2 aromatic heterocycles. The minimum atomic E-state index is -3.56. The Morgan fingerprint density at radius 2 is 1.86 bits per heavy atom. The summed E-state index contributed by atoms with van der Waals surface area (Å²) in [5, 5.41) is 3.57. The van der Waals surface area contributed by atoms with Gasteiger partial charge < -0.3 is 9.09 Å². The van der Waals surface area contributed by atoms with Gasteiger partial charge in [-0.25, -0.2) is 8.42 Å². The van der Waals surface area contributed by atoms with Gasteiger partial charge in [-0.3, -0.25) is 14.3 Å². The molecule has 3 rings (SSSR count). The number of nitrogens with zero attached hydrogens (tertiary/aromatic N) is 3. The molecule has 0 atom stereocenters. The maximum absolute atomic E-state index is 12.3. The number of hydrogen-bond acceptors (Lipinski definition) is 7. The van der Waals surface area contributed by atoms with Crippen molar-refractivity contribution in [3.05, 3.63) is 59.3 Å². The number of benzene rings is 1. The van der Waals surface area contributed by atoms with Crippen LogP contribution in [0.25, 0.3) is 22.6 Å². The van der Waals surface area contributed by atoms with Crippen LogP contribution in [0.15, 0.2) is 58.2 Å². The average molecular weight is 402 g/mol. The number of aromatic nitrogens is 3. The Morgan fingerprint density at radius 1 is 1.14 bits per heavy atom. The fourth-order valence-electron chi connectivity index (χ4n) is 2.65. The molecule has 9 nitrogen and oxygen atoms in total. The van der Waals surface area contributed by atoms with Crippen LogP contribution in [0.5, 0.6) is 0 Å². The van der Waals surface area contributed by atoms with Crippen molar-refractivity contribution in [1.29, 1.82) is 0 Å². The van der Waals surface area contributed by atoms with Crippen LogP contribution in [0.1, 0.15) is 12.8 Å². The molecule has 0 fully saturated rings. The summed E-state index contributed by atoms with van der Waals surface area (Å²) in [5.41, 5.74) is 2.19. The van der Waals surface area contributed by atoms with E-state index in [0.29, 0.717) is 18.9 Å². The lowest BCUT2D eigenvalue weighted by Gasteiger charge is -2.08. The lowest BCUT2D eigenvalue weighted by molar-refractivity contribution is -0.119. The van der Waals surface area contributed by atoms with Crippen LogP contribution in [0.3, 0.4) is 0 Å². The highest BCUT2D eigenvalue weighted by Gasteiger charge is 2.09. The highest BCUT2D eigenvalue weighted by atomic mass is 32.2. The summed E-state index contributed by atoms with van der Waals surface area (Å²) in [6, 6.07) is 10.7. The second-order valence-electron chi connectivity index (χ2n) is 6.17. The molecule has 0 radical (unpaired) electrons. The zero-order chi connectivity index (χ0) is 20.1. The SMILES string of the molecule is CS(=O)(=O)NC(=O)CCCn1ccc(-c2ccc(-c3ncno3)cc2)cc1=O. The average Bonchev–Trinajstić information content (AvgIpc) is 3.16. The highest BCUT2D eigenvalue weighted by Crippen LogP contribution is 2.22. The molecule has 0 spiro atoms. The van der Waals surface area contributed by atoms with Crippen LogP contribution >= 0.6 is 0 Å². The normalized spacial score (nSPS) is 11.3. The van der Waals surface area contributed by atoms with Crippen molar-refractivity contribution in [3.8, 4) is 22.6 Å². The van der Waals surface area contributed by atoms with Gasteiger partial charge in [0.1, 0.15) is 0 Å². The minimum Gasteiger partial charge on any atom is -0.334 e. The van der Waals surface area contributed by atoms with E-state index < -0.39 is 15.9 Å². The first kappa shape index (κ1) is 19.5. The van der Waals surface area contributed by atoms with Gasteiger partial charge in [0.05, 0.1) is 6.26 Å². The van der Waals surface area contributed by atoms with Gasteiger partial charge in [-0.15, -0.1) is 0 Å². The minimum absolute atomic E-state index is 0.0123. The van der Waals surface area contributed by atoms with Crippen LogP contribution in [0.4, 0.5) is 0 Å². The molecule has 10 heteroatoms. The van der Waals surface area contributed by atoms with E-state index in [0.717, 1.165) is 22.9 Å². The number of amides is 1. The molecule has 0 saturated heterocycles. The number of sulfonamides is 1. The van der Waals surface area contributed by atoms with Gasteiger partial charge in [0.25, 0.3) is 11.4 Å². The van der Waals surface area contributed by atoms with E-state index in [1.165, 1.54) is 17.0 Å². The van der Waals surface area contributed by atoms with Crippen molar-refractivity contribution in [2.75, 3.05) is 6.26 Å². The molecule has 0 bridgehead atoms. The van der Waals surface area contributed by atoms with Crippen LogP contribution < -0.4 is 10.3 Å². The van der Waals surface area contributed by atoms with Crippen molar-refractivity contribution < 1.29 is 17.7 Å². The van der Waals surface area contributed by atoms with Crippen LogP contribution in [-0.4, -0.2) is 35.3 Å². The number of rotatable bonds is 7. The number of carbonyl (C=O) groups is 1. The first-order valence-electron chi connectivity index (χ1n) is 8.40. The molecular weight excluding hydrogens is 384 g/mol. The number of carbonyl (C=O) groups excluding carboxylic acids is 1. The molecule has 146 valence electrons. The Morgan fingerprint density at radius 3 is 2.46 bits per heavy atom. The summed E-state index contributed by atoms with van der Waals surface area (Å²) < 4.78 is 30.4. The van der Waals surface area contributed by atoms with Crippen molar-refractivity contribution in [2.45, 2.75) is 19.4 Å². The summed E-state index contributed by atoms with van der Waals surface area (Å²) >= 11 is 0. The van der Waals surface area contributed by atoms with E-state index in [1.807, 2.05) is 29.0 Å². The molecular formula is C18H18N4O5S. The predicted molar refractivity (Wildman–Crippen MR) is 102 cm³/mol. The molecule has 1 N–H and O–H groups in total. The summed E-state index contributed by atoms with van der Waals surface area (Å²) in [7, 11) is -3.56. The first-order valence-corrected chi connectivity index (χ1v) is 10.3. The van der Waals surface area contributed by atoms with Gasteiger partial charge in [-0.2, -0.15) is 4.98 Å². The van der Waals surface area contributed by atoms with Crippen LogP contribution in [0, 0.1) is 0 Å². The summed E-state index contributed by atoms with van der Waals surface area (Å²) in [6.45, 7) is 0.312. The topological polar surface area (TPSA) is 124 Å². The molecule has 0 saturated carbocycles. The largest absolute Gasteiger partial charge is 0.334 e. The lowest BCUT2D eigenvalue weighted by Crippen LogP contribution is -2.29. The van der Waals surface area contributed by atoms with E-state index in [2.05, 4.69) is 10.1 Å². The third-order valence-electron chi connectivity index (χ3n) is 3.92. The summed E-state index contributed by atoms with van der Waals surface area (Å²) in [5.74, 6) is -0.171. The number of pyridine rings is 1. The zero-order valence-electron chi connectivity index (χ0n) is 15.0. The van der Waals surface area contributed by atoms with E-state index in [1.54, 1.807) is 12.3 Å². The maximum atomic E-state index is 12.3. The van der Waals surface area contributed by atoms with Crippen molar-refractivity contribution in [3.63, 3.8) is 0 Å². The van der Waals surface area contributed by atoms with Gasteiger partial charge in [0.2, 0.25) is 15.9 Å². The first-order chi connectivity index (χ1) is 13.3. The molecule has 0 aliphatic carbocycles. The quantitative estimate of drug-likeness (QED) is 0.634. The van der Waals surface area contributed by atoms with Crippen molar-refractivity contribution in [1.82, 2.24) is 19.4 Å². The molecule has 0 aliphatic heterocycles. The second kappa shape index (κ2) is 8.17. The Bertz CT molecular complexity index is 1120. The third kappa shape index (κ3) is 5.13. The Kier molecular flexibility index (Phi) is 5.69. The molecule has 28 heavy (non-hydrogen) atoms. The molecule has 2 heterocycles. The van der Waals surface area contributed by atoms with Gasteiger partial charge in [0, 0.05) is 30.8 Å². The van der Waals surface area contributed by atoms with Crippen LogP contribution in [0.2, 0.25) is 0 Å². The Labute approximate surface area is 161 Å². The van der Waals surface area contributed by atoms with Gasteiger partial charge >= 0.3 is 0 Å². The maximum Gasteiger partial charge on any atom is 0.257 e. The molecule has 1 amide bonds. The number of aryl methyl sites for hydroxylation is 1. The van der Waals surface area contributed by atoms with Crippen molar-refractivity contribution in [2.24, 2.45) is 0 Å². The second-order valence-corrected chi connectivity index (χ2v) is 7.92. The fraction of sp³-hybridized carbons (Fsp3) is 0.222. The predicted octanol–water partition coefficient (Wildman–Crippen LogP) is 1.42. The molecule has 1 aromatic carbocycles. The molecule has 0 unspecified atom stereocenters. The van der Waals surface area contributed by atoms with E-state index in [-0.39, 0.29) is 12.0 Å². The van der Waals surface area contributed by atoms with Gasteiger partial charge in [-0.05, 0) is 35.7 Å². The van der Waals surface area contributed by atoms with E-state index >= 15 is 0 Å². The lowest BCUT2D eigenvalue weighted by atomic mass is 10.0. The van der Waals surface area contributed by atoms with E-state index in [9.17, 15) is 18.0 Å². The Balaban J connectivity index is 1.64. The standard InChI is InChI=1S/C18H18N4O5S/c1-28(25,26)21-16(23)3-2-9-22-10-8-15(11-17(22)24)13-4-6-14(7-5-13)18-19-12-20-27-18/h4-8,10-12H,2-3,9H2,1H3,(H,21,23). The number of hydrogen-bond donors (Lipinski definition) is 1. The van der Waals surface area contributed by atoms with Gasteiger partial charge in [-0.1, -0.05) is 17.3 Å².